The number of rotatable bonds is 28. The van der Waals surface area contributed by atoms with E-state index in [-0.39, 0.29) is 42.1 Å². The zero-order chi connectivity index (χ0) is 34.2. The molecule has 0 bridgehead atoms. The monoisotopic (exact) mass is 672 g/mol. The van der Waals surface area contributed by atoms with Crippen molar-refractivity contribution in [3.8, 4) is 0 Å². The third-order valence-electron chi connectivity index (χ3n) is 6.76. The molecule has 16 nitrogen and oxygen atoms in total. The molecule has 1 fully saturated rings. The fourth-order valence-electron chi connectivity index (χ4n) is 4.13. The summed E-state index contributed by atoms with van der Waals surface area (Å²) in [7, 11) is 0. The first-order valence-corrected chi connectivity index (χ1v) is 16.4. The molecule has 270 valence electrons. The summed E-state index contributed by atoms with van der Waals surface area (Å²) >= 11 is 0. The minimum Gasteiger partial charge on any atom is -0.377 e. The summed E-state index contributed by atoms with van der Waals surface area (Å²) in [6.07, 6.45) is 2.89. The van der Waals surface area contributed by atoms with Crippen LogP contribution in [0.5, 0.6) is 0 Å². The largest absolute Gasteiger partial charge is 0.377 e. The van der Waals surface area contributed by atoms with Crippen LogP contribution in [0, 0.1) is 11.3 Å². The van der Waals surface area contributed by atoms with Crippen molar-refractivity contribution in [2.75, 3.05) is 106 Å². The van der Waals surface area contributed by atoms with E-state index in [1.165, 1.54) is 4.90 Å². The van der Waals surface area contributed by atoms with E-state index >= 15 is 0 Å². The molecule has 1 aromatic heterocycles. The van der Waals surface area contributed by atoms with Crippen LogP contribution in [-0.2, 0) is 55.8 Å². The average molecular weight is 673 g/mol. The van der Waals surface area contributed by atoms with Crippen molar-refractivity contribution in [2.45, 2.75) is 53.6 Å². The Hall–Kier alpha value is -2.73. The van der Waals surface area contributed by atoms with E-state index in [4.69, 9.17) is 33.2 Å². The predicted octanol–water partition coefficient (Wildman–Crippen LogP) is 1.02. The Labute approximate surface area is 278 Å². The first-order valence-electron chi connectivity index (χ1n) is 16.4. The van der Waals surface area contributed by atoms with Crippen LogP contribution in [0.25, 0.3) is 0 Å². The van der Waals surface area contributed by atoms with Gasteiger partial charge in [0, 0.05) is 25.4 Å². The van der Waals surface area contributed by atoms with E-state index in [9.17, 15) is 14.4 Å². The molecule has 1 aliphatic rings. The average Bonchev–Trinajstić information content (AvgIpc) is 3.57. The van der Waals surface area contributed by atoms with Gasteiger partial charge in [-0.3, -0.25) is 14.5 Å². The molecule has 16 heteroatoms. The van der Waals surface area contributed by atoms with E-state index in [2.05, 4.69) is 41.7 Å². The maximum atomic E-state index is 12.0. The van der Waals surface area contributed by atoms with Gasteiger partial charge in [-0.15, -0.1) is 5.10 Å². The van der Waals surface area contributed by atoms with Crippen molar-refractivity contribution in [3.63, 3.8) is 0 Å². The summed E-state index contributed by atoms with van der Waals surface area (Å²) < 4.78 is 40.0. The second-order valence-electron chi connectivity index (χ2n) is 12.2. The topological polar surface area (TPSA) is 174 Å². The first kappa shape index (κ1) is 40.4. The number of nitrogens with zero attached hydrogens (tertiary/aromatic N) is 4. The number of imide groups is 1. The summed E-state index contributed by atoms with van der Waals surface area (Å²) in [4.78, 5) is 36.9. The molecule has 2 heterocycles. The molecule has 1 unspecified atom stereocenters. The highest BCUT2D eigenvalue weighted by atomic mass is 16.6. The number of carbonyl (C=O) groups is 3. The predicted molar refractivity (Wildman–Crippen MR) is 171 cm³/mol. The van der Waals surface area contributed by atoms with Crippen molar-refractivity contribution >= 4 is 17.8 Å². The lowest BCUT2D eigenvalue weighted by Crippen LogP contribution is -2.38. The Bertz CT molecular complexity index is 1010. The Morgan fingerprint density at radius 2 is 1.23 bits per heavy atom. The Morgan fingerprint density at radius 1 is 0.766 bits per heavy atom. The molecule has 0 radical (unpaired) electrons. The third-order valence-corrected chi connectivity index (χ3v) is 6.76. The second kappa shape index (κ2) is 24.4. The van der Waals surface area contributed by atoms with Crippen molar-refractivity contribution in [3.05, 3.63) is 11.9 Å². The molecule has 2 rings (SSSR count). The van der Waals surface area contributed by atoms with E-state index < -0.39 is 0 Å². The number of hydrogen-bond acceptors (Lipinski definition) is 12. The van der Waals surface area contributed by atoms with E-state index in [0.717, 1.165) is 6.42 Å². The number of ether oxygens (including phenoxy) is 7. The van der Waals surface area contributed by atoms with Crippen molar-refractivity contribution in [1.82, 2.24) is 30.5 Å². The lowest BCUT2D eigenvalue weighted by molar-refractivity contribution is -0.140. The number of amides is 4. The fraction of sp³-hybridized carbons (Fsp3) is 0.839. The van der Waals surface area contributed by atoms with Crippen LogP contribution in [0.4, 0.5) is 4.79 Å². The summed E-state index contributed by atoms with van der Waals surface area (Å²) in [5.74, 6) is -0.607. The van der Waals surface area contributed by atoms with Crippen LogP contribution in [0.1, 0.15) is 46.2 Å². The Morgan fingerprint density at radius 3 is 1.70 bits per heavy atom. The summed E-state index contributed by atoms with van der Waals surface area (Å²) in [5.41, 5.74) is 0.766. The molecule has 0 aliphatic carbocycles. The van der Waals surface area contributed by atoms with Gasteiger partial charge in [-0.2, -0.15) is 0 Å². The lowest BCUT2D eigenvalue weighted by Gasteiger charge is -2.18. The Balaban J connectivity index is 1.24. The lowest BCUT2D eigenvalue weighted by atomic mass is 9.92. The van der Waals surface area contributed by atoms with Gasteiger partial charge in [0.25, 0.3) is 0 Å². The third kappa shape index (κ3) is 20.3. The van der Waals surface area contributed by atoms with Crippen LogP contribution < -0.4 is 10.6 Å². The zero-order valence-corrected chi connectivity index (χ0v) is 28.7. The van der Waals surface area contributed by atoms with Gasteiger partial charge in [0.15, 0.2) is 0 Å². The molecule has 1 aliphatic heterocycles. The number of carbonyl (C=O) groups excluding carboxylic acids is 3. The molecule has 0 aromatic carbocycles. The summed E-state index contributed by atoms with van der Waals surface area (Å²) in [6, 6.07) is -0.175. The van der Waals surface area contributed by atoms with Gasteiger partial charge in [0.05, 0.1) is 112 Å². The highest BCUT2D eigenvalue weighted by Gasteiger charge is 2.35. The van der Waals surface area contributed by atoms with Gasteiger partial charge in [0.2, 0.25) is 11.8 Å². The van der Waals surface area contributed by atoms with E-state index in [1.54, 1.807) is 17.8 Å². The molecule has 47 heavy (non-hydrogen) atoms. The highest BCUT2D eigenvalue weighted by Crippen LogP contribution is 2.20. The smallest absolute Gasteiger partial charge is 0.314 e. The molecular formula is C31H56N6O10. The number of urea groups is 1. The van der Waals surface area contributed by atoms with Crippen LogP contribution >= 0.6 is 0 Å². The van der Waals surface area contributed by atoms with Gasteiger partial charge < -0.3 is 43.8 Å². The minimum atomic E-state index is -0.271. The van der Waals surface area contributed by atoms with Gasteiger partial charge in [-0.05, 0) is 11.8 Å². The maximum Gasteiger partial charge on any atom is 0.314 e. The minimum absolute atomic E-state index is 0.149. The molecular weight excluding hydrogens is 616 g/mol. The highest BCUT2D eigenvalue weighted by molar-refractivity contribution is 6.03. The normalized spacial score (nSPS) is 15.1. The van der Waals surface area contributed by atoms with Crippen molar-refractivity contribution < 1.29 is 47.5 Å². The molecule has 1 aromatic rings. The second-order valence-corrected chi connectivity index (χ2v) is 12.2. The van der Waals surface area contributed by atoms with E-state index in [0.29, 0.717) is 118 Å². The van der Waals surface area contributed by atoms with Crippen LogP contribution in [0.2, 0.25) is 0 Å². The SMILES string of the molecule is CC1CC(=O)N(Cc2cn(CCOCCOCCOCCOCCOCCOCCOCCNC(=O)NCCC(C)(C)C)nn2)C1=O. The molecule has 0 spiro atoms. The number of hydrogen-bond donors (Lipinski definition) is 2. The van der Waals surface area contributed by atoms with Crippen molar-refractivity contribution in [1.29, 1.82) is 0 Å². The molecule has 1 atom stereocenters. The number of nitrogens with one attached hydrogen (secondary N) is 2. The standard InChI is InChI=1S/C31H56N6O10/c1-26-23-28(38)37(29(26)39)25-27-24-36(35-34-27)8-10-42-12-14-44-16-18-46-20-22-47-21-19-45-17-15-43-13-11-41-9-7-33-30(40)32-6-5-31(2,3)4/h24,26H,5-23,25H2,1-4H3,(H2,32,33,40). The van der Waals surface area contributed by atoms with Crippen LogP contribution in [0.3, 0.4) is 0 Å². The molecule has 4 amide bonds. The molecule has 0 saturated carbocycles. The molecule has 2 N–H and O–H groups in total. The van der Waals surface area contributed by atoms with Crippen LogP contribution in [-0.4, -0.2) is 143 Å². The van der Waals surface area contributed by atoms with Gasteiger partial charge >= 0.3 is 6.03 Å². The van der Waals surface area contributed by atoms with Crippen LogP contribution in [0.15, 0.2) is 6.20 Å². The first-order chi connectivity index (χ1) is 22.7. The Kier molecular flexibility index (Phi) is 21.0. The maximum absolute atomic E-state index is 12.0. The molecule has 1 saturated heterocycles. The zero-order valence-electron chi connectivity index (χ0n) is 28.7. The number of likely N-dealkylation sites (tertiary alicyclic amines) is 1. The van der Waals surface area contributed by atoms with Crippen molar-refractivity contribution in [2.24, 2.45) is 11.3 Å². The summed E-state index contributed by atoms with van der Waals surface area (Å²) in [6.45, 7) is 16.4. The van der Waals surface area contributed by atoms with E-state index in [1.807, 2.05) is 0 Å². The summed E-state index contributed by atoms with van der Waals surface area (Å²) in [5, 5.41) is 13.7. The van der Waals surface area contributed by atoms with Gasteiger partial charge in [-0.25, -0.2) is 9.48 Å². The van der Waals surface area contributed by atoms with Gasteiger partial charge in [0.1, 0.15) is 5.69 Å². The quantitative estimate of drug-likeness (QED) is 0.0958. The number of aromatic nitrogens is 3. The fourth-order valence-corrected chi connectivity index (χ4v) is 4.13. The van der Waals surface area contributed by atoms with Gasteiger partial charge in [-0.1, -0.05) is 32.9 Å².